The molecule has 5 rings (SSSR count). The van der Waals surface area contributed by atoms with Gasteiger partial charge in [0.05, 0.1) is 13.0 Å². The minimum atomic E-state index is -0.473. The third kappa shape index (κ3) is 3.91. The minimum absolute atomic E-state index is 0.0126. The Morgan fingerprint density at radius 1 is 1.05 bits per heavy atom. The lowest BCUT2D eigenvalue weighted by atomic mass is 9.35. The molecule has 3 fully saturated rings. The Labute approximate surface area is 225 Å². The van der Waals surface area contributed by atoms with Gasteiger partial charge in [0.25, 0.3) is 5.91 Å². The zero-order chi connectivity index (χ0) is 26.8. The van der Waals surface area contributed by atoms with Gasteiger partial charge in [0.2, 0.25) is 0 Å². The van der Waals surface area contributed by atoms with Crippen LogP contribution in [-0.4, -0.2) is 24.3 Å². The van der Waals surface area contributed by atoms with Gasteiger partial charge in [0.1, 0.15) is 0 Å². The van der Waals surface area contributed by atoms with E-state index in [0.717, 1.165) is 25.7 Å². The summed E-state index contributed by atoms with van der Waals surface area (Å²) in [6.07, 6.45) is 9.90. The summed E-state index contributed by atoms with van der Waals surface area (Å²) in [5.74, 6) is 0.313. The van der Waals surface area contributed by atoms with Crippen LogP contribution in [-0.2, 0) is 19.1 Å². The second-order valence-corrected chi connectivity index (χ2v) is 13.3. The standard InChI is InChI=1S/C31H38ClNO4/c1-19(27(36)33-22-9-7-21(32)8-10-22)16-20-6-11-24-29(4,31(20)17-26(35)37-18-31)15-12-23-28(2,3)14-13-25(34)30(23,24)5/h7-10,13-14,16,20,23-24H,6,11-12,15,17-18H2,1-5H3,(H,33,36)/b19-16+/t20-,23+,24+,29-,30+,31+/m1/s1. The SMILES string of the molecule is C/C(=C\[C@H]1CC[C@@H]2[C@@]3(C)C(=O)C=CC(C)(C)[C@@H]3CC[C@@]2(C)[C@@]12COC(=O)C2)C(=O)Nc1ccc(Cl)cc1. The Morgan fingerprint density at radius 3 is 2.41 bits per heavy atom. The van der Waals surface area contributed by atoms with E-state index >= 15 is 0 Å². The molecule has 0 aromatic heterocycles. The van der Waals surface area contributed by atoms with Crippen molar-refractivity contribution in [3.05, 3.63) is 53.1 Å². The average Bonchev–Trinajstić information content (AvgIpc) is 3.24. The van der Waals surface area contributed by atoms with Gasteiger partial charge in [-0.05, 0) is 91.5 Å². The van der Waals surface area contributed by atoms with Gasteiger partial charge in [-0.15, -0.1) is 0 Å². The summed E-state index contributed by atoms with van der Waals surface area (Å²) in [5, 5.41) is 3.57. The van der Waals surface area contributed by atoms with E-state index < -0.39 is 10.8 Å². The highest BCUT2D eigenvalue weighted by Gasteiger charge is 2.70. The van der Waals surface area contributed by atoms with E-state index in [1.54, 1.807) is 24.3 Å². The number of ether oxygens (including phenoxy) is 1. The third-order valence-corrected chi connectivity index (χ3v) is 11.0. The number of hydrogen-bond donors (Lipinski definition) is 1. The molecule has 0 unspecified atom stereocenters. The smallest absolute Gasteiger partial charge is 0.306 e. The van der Waals surface area contributed by atoms with Crippen LogP contribution in [0, 0.1) is 39.4 Å². The van der Waals surface area contributed by atoms with Gasteiger partial charge < -0.3 is 10.1 Å². The number of allylic oxidation sites excluding steroid dienone is 3. The quantitative estimate of drug-likeness (QED) is 0.350. The normalized spacial score (nSPS) is 38.6. The van der Waals surface area contributed by atoms with Gasteiger partial charge in [-0.1, -0.05) is 51.4 Å². The minimum Gasteiger partial charge on any atom is -0.465 e. The number of carbonyl (C=O) groups excluding carboxylic acids is 3. The number of nitrogens with one attached hydrogen (secondary N) is 1. The first-order valence-electron chi connectivity index (χ1n) is 13.5. The van der Waals surface area contributed by atoms with E-state index in [2.05, 4.69) is 45.2 Å². The van der Waals surface area contributed by atoms with Crippen LogP contribution in [0.3, 0.4) is 0 Å². The number of fused-ring (bicyclic) bond motifs is 4. The molecule has 198 valence electrons. The zero-order valence-corrected chi connectivity index (χ0v) is 23.3. The first-order valence-corrected chi connectivity index (χ1v) is 13.9. The number of ketones is 1. The summed E-state index contributed by atoms with van der Waals surface area (Å²) in [7, 11) is 0. The van der Waals surface area contributed by atoms with Gasteiger partial charge in [0, 0.05) is 27.1 Å². The monoisotopic (exact) mass is 523 g/mol. The van der Waals surface area contributed by atoms with E-state index in [9.17, 15) is 14.4 Å². The molecule has 3 aliphatic carbocycles. The van der Waals surface area contributed by atoms with Crippen molar-refractivity contribution in [3.8, 4) is 0 Å². The van der Waals surface area contributed by atoms with E-state index in [1.807, 2.05) is 13.0 Å². The lowest BCUT2D eigenvalue weighted by molar-refractivity contribution is -0.191. The fourth-order valence-corrected chi connectivity index (χ4v) is 8.84. The summed E-state index contributed by atoms with van der Waals surface area (Å²) in [4.78, 5) is 39.4. The predicted molar refractivity (Wildman–Crippen MR) is 145 cm³/mol. The Balaban J connectivity index is 1.50. The van der Waals surface area contributed by atoms with E-state index in [1.165, 1.54) is 0 Å². The molecule has 0 bridgehead atoms. The molecular formula is C31H38ClNO4. The summed E-state index contributed by atoms with van der Waals surface area (Å²) in [6, 6.07) is 7.05. The Hall–Kier alpha value is -2.40. The van der Waals surface area contributed by atoms with Gasteiger partial charge >= 0.3 is 5.97 Å². The maximum atomic E-state index is 13.6. The van der Waals surface area contributed by atoms with Crippen LogP contribution in [0.25, 0.3) is 0 Å². The van der Waals surface area contributed by atoms with Crippen LogP contribution in [0.2, 0.25) is 5.02 Å². The molecule has 1 saturated heterocycles. The van der Waals surface area contributed by atoms with Crippen LogP contribution in [0.4, 0.5) is 5.69 Å². The van der Waals surface area contributed by atoms with Crippen molar-refractivity contribution in [2.75, 3.05) is 11.9 Å². The van der Waals surface area contributed by atoms with Gasteiger partial charge in [-0.25, -0.2) is 0 Å². The molecule has 37 heavy (non-hydrogen) atoms. The number of halogens is 1. The van der Waals surface area contributed by atoms with Crippen molar-refractivity contribution in [3.63, 3.8) is 0 Å². The maximum absolute atomic E-state index is 13.6. The molecule has 1 spiro atoms. The Bertz CT molecular complexity index is 1200. The van der Waals surface area contributed by atoms with Crippen LogP contribution >= 0.6 is 11.6 Å². The van der Waals surface area contributed by atoms with E-state index in [4.69, 9.17) is 16.3 Å². The molecule has 1 aromatic carbocycles. The Kier molecular flexibility index (Phi) is 6.26. The molecule has 1 N–H and O–H groups in total. The molecular weight excluding hydrogens is 486 g/mol. The maximum Gasteiger partial charge on any atom is 0.306 e. The van der Waals surface area contributed by atoms with Gasteiger partial charge in [0.15, 0.2) is 5.78 Å². The average molecular weight is 524 g/mol. The summed E-state index contributed by atoms with van der Waals surface area (Å²) in [6.45, 7) is 11.1. The highest BCUT2D eigenvalue weighted by molar-refractivity contribution is 6.30. The van der Waals surface area contributed by atoms with Crippen molar-refractivity contribution in [2.45, 2.75) is 66.7 Å². The summed E-state index contributed by atoms with van der Waals surface area (Å²) in [5.41, 5.74) is 0.0940. The van der Waals surface area contributed by atoms with Gasteiger partial charge in [-0.3, -0.25) is 14.4 Å². The number of anilines is 1. The predicted octanol–water partition coefficient (Wildman–Crippen LogP) is 6.77. The number of esters is 1. The molecule has 0 radical (unpaired) electrons. The van der Waals surface area contributed by atoms with Gasteiger partial charge in [-0.2, -0.15) is 0 Å². The molecule has 6 heteroatoms. The van der Waals surface area contributed by atoms with Crippen LogP contribution in [0.15, 0.2) is 48.1 Å². The molecule has 5 nitrogen and oxygen atoms in total. The zero-order valence-electron chi connectivity index (χ0n) is 22.5. The largest absolute Gasteiger partial charge is 0.465 e. The van der Waals surface area contributed by atoms with Crippen molar-refractivity contribution in [1.82, 2.24) is 0 Å². The number of cyclic esters (lactones) is 1. The lowest BCUT2D eigenvalue weighted by Gasteiger charge is -2.67. The molecule has 1 aliphatic heterocycles. The van der Waals surface area contributed by atoms with Crippen LogP contribution in [0.1, 0.15) is 66.7 Å². The number of amides is 1. The highest BCUT2D eigenvalue weighted by Crippen LogP contribution is 2.72. The highest BCUT2D eigenvalue weighted by atomic mass is 35.5. The first kappa shape index (κ1) is 26.2. The van der Waals surface area contributed by atoms with Crippen molar-refractivity contribution in [1.29, 1.82) is 0 Å². The third-order valence-electron chi connectivity index (χ3n) is 10.7. The fourth-order valence-electron chi connectivity index (χ4n) is 8.71. The summed E-state index contributed by atoms with van der Waals surface area (Å²) >= 11 is 5.98. The van der Waals surface area contributed by atoms with Crippen molar-refractivity contribution in [2.24, 2.45) is 39.4 Å². The number of carbonyl (C=O) groups is 3. The fraction of sp³-hybridized carbons (Fsp3) is 0.581. The molecule has 1 amide bonds. The van der Waals surface area contributed by atoms with E-state index in [0.29, 0.717) is 29.3 Å². The van der Waals surface area contributed by atoms with Crippen LogP contribution in [0.5, 0.6) is 0 Å². The molecule has 6 atom stereocenters. The molecule has 2 saturated carbocycles. The van der Waals surface area contributed by atoms with E-state index in [-0.39, 0.29) is 46.2 Å². The number of benzene rings is 1. The van der Waals surface area contributed by atoms with Crippen molar-refractivity contribution < 1.29 is 19.1 Å². The summed E-state index contributed by atoms with van der Waals surface area (Å²) < 4.78 is 5.70. The Morgan fingerprint density at radius 2 is 1.76 bits per heavy atom. The van der Waals surface area contributed by atoms with Crippen LogP contribution < -0.4 is 5.32 Å². The topological polar surface area (TPSA) is 72.5 Å². The second-order valence-electron chi connectivity index (χ2n) is 12.9. The van der Waals surface area contributed by atoms with Crippen molar-refractivity contribution >= 4 is 34.9 Å². The molecule has 1 aromatic rings. The first-order chi connectivity index (χ1) is 17.3. The lowest BCUT2D eigenvalue weighted by Crippen LogP contribution is -2.65. The second kappa shape index (κ2) is 8.83. The number of rotatable bonds is 3. The number of hydrogen-bond acceptors (Lipinski definition) is 4. The molecule has 4 aliphatic rings. The molecule has 1 heterocycles.